The van der Waals surface area contributed by atoms with Crippen molar-refractivity contribution in [2.75, 3.05) is 29.2 Å². The Labute approximate surface area is 159 Å². The van der Waals surface area contributed by atoms with E-state index in [1.54, 1.807) is 25.1 Å². The molecule has 1 aromatic carbocycles. The number of nitrogens with one attached hydrogen (secondary N) is 3. The van der Waals surface area contributed by atoms with Crippen LogP contribution in [-0.2, 0) is 15.7 Å². The van der Waals surface area contributed by atoms with Crippen LogP contribution in [-0.4, -0.2) is 35.1 Å². The third-order valence-corrected chi connectivity index (χ3v) is 3.94. The van der Waals surface area contributed by atoms with Gasteiger partial charge in [-0.25, -0.2) is 4.98 Å². The normalized spacial score (nSPS) is 14.1. The number of anilines is 4. The lowest BCUT2D eigenvalue weighted by Gasteiger charge is -2.27. The van der Waals surface area contributed by atoms with Gasteiger partial charge in [0.1, 0.15) is 11.4 Å². The van der Waals surface area contributed by atoms with Crippen LogP contribution in [0.4, 0.5) is 36.3 Å². The van der Waals surface area contributed by atoms with Crippen LogP contribution >= 0.6 is 0 Å². The first-order valence-corrected chi connectivity index (χ1v) is 8.36. The summed E-state index contributed by atoms with van der Waals surface area (Å²) in [6.45, 7) is 6.03. The Bertz CT molecular complexity index is 897. The molecule has 1 aromatic heterocycles. The molecule has 2 heterocycles. The summed E-state index contributed by atoms with van der Waals surface area (Å²) in [5.74, 6) is -0.865. The van der Waals surface area contributed by atoms with Gasteiger partial charge in [0.25, 0.3) is 0 Å². The smallest absolute Gasteiger partial charge is 0.377 e. The maximum Gasteiger partial charge on any atom is 0.421 e. The van der Waals surface area contributed by atoms with Gasteiger partial charge in [-0.05, 0) is 30.7 Å². The Morgan fingerprint density at radius 2 is 2.07 bits per heavy atom. The minimum Gasteiger partial charge on any atom is -0.377 e. The van der Waals surface area contributed by atoms with Gasteiger partial charge in [-0.2, -0.15) is 18.2 Å². The molecule has 1 fully saturated rings. The largest absolute Gasteiger partial charge is 0.421 e. The lowest BCUT2D eigenvalue weighted by atomic mass is 10.1. The highest BCUT2D eigenvalue weighted by Gasteiger charge is 2.36. The number of rotatable bonds is 6. The lowest BCUT2D eigenvalue weighted by molar-refractivity contribution is -0.137. The SMILES string of the molecule is C=CC(=O)Nc1cc(C)ccc1Nc1nc(NC2COC2)ncc1C(F)(F)F. The molecule has 28 heavy (non-hydrogen) atoms. The van der Waals surface area contributed by atoms with E-state index in [0.29, 0.717) is 25.1 Å². The van der Waals surface area contributed by atoms with E-state index < -0.39 is 23.5 Å². The molecule has 0 unspecified atom stereocenters. The maximum atomic E-state index is 13.4. The van der Waals surface area contributed by atoms with Crippen LogP contribution in [0.3, 0.4) is 0 Å². The van der Waals surface area contributed by atoms with Gasteiger partial charge in [-0.1, -0.05) is 12.6 Å². The van der Waals surface area contributed by atoms with Crippen molar-refractivity contribution in [2.24, 2.45) is 0 Å². The number of carbonyl (C=O) groups is 1. The fourth-order valence-electron chi connectivity index (χ4n) is 2.44. The fourth-order valence-corrected chi connectivity index (χ4v) is 2.44. The minimum atomic E-state index is -4.66. The van der Waals surface area contributed by atoms with Crippen molar-refractivity contribution in [3.05, 3.63) is 48.2 Å². The van der Waals surface area contributed by atoms with Crippen LogP contribution in [0.2, 0.25) is 0 Å². The maximum absolute atomic E-state index is 13.4. The summed E-state index contributed by atoms with van der Waals surface area (Å²) in [6, 6.07) is 4.84. The van der Waals surface area contributed by atoms with Gasteiger partial charge in [0.15, 0.2) is 0 Å². The summed E-state index contributed by atoms with van der Waals surface area (Å²) < 4.78 is 45.2. The van der Waals surface area contributed by atoms with Crippen molar-refractivity contribution in [3.63, 3.8) is 0 Å². The Morgan fingerprint density at radius 3 is 2.68 bits per heavy atom. The molecule has 1 aliphatic rings. The molecule has 3 rings (SSSR count). The van der Waals surface area contributed by atoms with Crippen molar-refractivity contribution in [1.82, 2.24) is 9.97 Å². The van der Waals surface area contributed by atoms with Crippen LogP contribution in [0.1, 0.15) is 11.1 Å². The van der Waals surface area contributed by atoms with Gasteiger partial charge in [0.2, 0.25) is 11.9 Å². The highest BCUT2D eigenvalue weighted by Crippen LogP contribution is 2.36. The van der Waals surface area contributed by atoms with Gasteiger partial charge in [0.05, 0.1) is 30.6 Å². The predicted octanol–water partition coefficient (Wildman–Crippen LogP) is 3.48. The van der Waals surface area contributed by atoms with Crippen LogP contribution in [0, 0.1) is 6.92 Å². The van der Waals surface area contributed by atoms with E-state index in [2.05, 4.69) is 32.5 Å². The third kappa shape index (κ3) is 4.58. The van der Waals surface area contributed by atoms with E-state index in [0.717, 1.165) is 11.6 Å². The number of carbonyl (C=O) groups excluding carboxylic acids is 1. The molecule has 0 saturated carbocycles. The number of hydrogen-bond acceptors (Lipinski definition) is 6. The number of amides is 1. The highest BCUT2D eigenvalue weighted by molar-refractivity contribution is 6.01. The molecular weight excluding hydrogens is 375 g/mol. The molecule has 2 aromatic rings. The molecule has 3 N–H and O–H groups in total. The van der Waals surface area contributed by atoms with Crippen LogP contribution in [0.25, 0.3) is 0 Å². The number of halogens is 3. The summed E-state index contributed by atoms with van der Waals surface area (Å²) in [5, 5.41) is 8.14. The van der Waals surface area contributed by atoms with Crippen LogP contribution < -0.4 is 16.0 Å². The molecule has 0 atom stereocenters. The highest BCUT2D eigenvalue weighted by atomic mass is 19.4. The van der Waals surface area contributed by atoms with E-state index in [1.807, 2.05) is 0 Å². The molecule has 1 aliphatic heterocycles. The number of alkyl halides is 3. The summed E-state index contributed by atoms with van der Waals surface area (Å²) >= 11 is 0. The molecule has 0 radical (unpaired) electrons. The number of hydrogen-bond donors (Lipinski definition) is 3. The molecule has 0 spiro atoms. The molecular formula is C18H18F3N5O2. The van der Waals surface area contributed by atoms with Gasteiger partial charge in [0, 0.05) is 6.20 Å². The second kappa shape index (κ2) is 7.85. The quantitative estimate of drug-likeness (QED) is 0.652. The van der Waals surface area contributed by atoms with E-state index in [1.165, 1.54) is 0 Å². The number of aromatic nitrogens is 2. The van der Waals surface area contributed by atoms with Crippen molar-refractivity contribution in [1.29, 1.82) is 0 Å². The van der Waals surface area contributed by atoms with Gasteiger partial charge in [-0.3, -0.25) is 4.79 Å². The van der Waals surface area contributed by atoms with Crippen molar-refractivity contribution < 1.29 is 22.7 Å². The second-order valence-corrected chi connectivity index (χ2v) is 6.20. The first-order valence-electron chi connectivity index (χ1n) is 8.36. The minimum absolute atomic E-state index is 0.0487. The zero-order valence-electron chi connectivity index (χ0n) is 14.9. The van der Waals surface area contributed by atoms with Crippen LogP contribution in [0.15, 0.2) is 37.1 Å². The summed E-state index contributed by atoms with van der Waals surface area (Å²) in [6.07, 6.45) is -2.87. The second-order valence-electron chi connectivity index (χ2n) is 6.20. The first-order chi connectivity index (χ1) is 13.3. The Kier molecular flexibility index (Phi) is 5.50. The van der Waals surface area contributed by atoms with Gasteiger partial charge >= 0.3 is 6.18 Å². The van der Waals surface area contributed by atoms with Gasteiger partial charge in [-0.15, -0.1) is 0 Å². The van der Waals surface area contributed by atoms with Crippen molar-refractivity contribution in [3.8, 4) is 0 Å². The summed E-state index contributed by atoms with van der Waals surface area (Å²) in [4.78, 5) is 19.4. The summed E-state index contributed by atoms with van der Waals surface area (Å²) in [7, 11) is 0. The standard InChI is InChI=1S/C18H18F3N5O2/c1-3-15(27)24-14-6-10(2)4-5-13(14)25-16-12(18(19,20)21)7-22-17(26-16)23-11-8-28-9-11/h3-7,11H,1,8-9H2,2H3,(H,24,27)(H2,22,23,25,26). The monoisotopic (exact) mass is 393 g/mol. The average molecular weight is 393 g/mol. The molecule has 148 valence electrons. The Morgan fingerprint density at radius 1 is 1.32 bits per heavy atom. The number of aryl methyl sites for hydroxylation is 1. The zero-order valence-corrected chi connectivity index (χ0v) is 14.9. The van der Waals surface area contributed by atoms with Crippen molar-refractivity contribution >= 4 is 29.0 Å². The Hall–Kier alpha value is -3.14. The van der Waals surface area contributed by atoms with E-state index >= 15 is 0 Å². The Balaban J connectivity index is 1.96. The van der Waals surface area contributed by atoms with E-state index in [4.69, 9.17) is 4.74 Å². The molecule has 0 aliphatic carbocycles. The predicted molar refractivity (Wildman–Crippen MR) is 98.6 cm³/mol. The molecule has 1 saturated heterocycles. The molecule has 7 nitrogen and oxygen atoms in total. The average Bonchev–Trinajstić information content (AvgIpc) is 2.59. The fraction of sp³-hybridized carbons (Fsp3) is 0.278. The van der Waals surface area contributed by atoms with E-state index in [-0.39, 0.29) is 17.7 Å². The first kappa shape index (κ1) is 19.6. The van der Waals surface area contributed by atoms with E-state index in [9.17, 15) is 18.0 Å². The number of ether oxygens (including phenoxy) is 1. The number of benzene rings is 1. The van der Waals surface area contributed by atoms with Crippen molar-refractivity contribution in [2.45, 2.75) is 19.1 Å². The topological polar surface area (TPSA) is 88.2 Å². The lowest BCUT2D eigenvalue weighted by Crippen LogP contribution is -2.40. The number of nitrogens with zero attached hydrogens (tertiary/aromatic N) is 2. The summed E-state index contributed by atoms with van der Waals surface area (Å²) in [5.41, 5.74) is 0.349. The molecule has 0 bridgehead atoms. The van der Waals surface area contributed by atoms with Gasteiger partial charge < -0.3 is 20.7 Å². The molecule has 10 heteroatoms. The van der Waals surface area contributed by atoms with Crippen LogP contribution in [0.5, 0.6) is 0 Å². The zero-order chi connectivity index (χ0) is 20.3. The third-order valence-electron chi connectivity index (χ3n) is 3.94. The molecule has 1 amide bonds.